The second kappa shape index (κ2) is 9.41. The molecule has 35 heavy (non-hydrogen) atoms. The van der Waals surface area contributed by atoms with E-state index < -0.39 is 0 Å². The van der Waals surface area contributed by atoms with E-state index in [-0.39, 0.29) is 17.9 Å². The van der Waals surface area contributed by atoms with Crippen LogP contribution in [0.15, 0.2) is 57.8 Å². The number of amidine groups is 1. The fourth-order valence-corrected chi connectivity index (χ4v) is 6.58. The number of aliphatic imine (C=N–C) groups is 1. The zero-order valence-corrected chi connectivity index (χ0v) is 21.4. The third kappa shape index (κ3) is 4.28. The molecule has 1 aromatic rings. The molecule has 8 nitrogen and oxygen atoms in total. The summed E-state index contributed by atoms with van der Waals surface area (Å²) in [7, 11) is 1.65. The number of pyridine rings is 1. The molecule has 2 bridgehead atoms. The average molecular weight is 536 g/mol. The van der Waals surface area contributed by atoms with Crippen molar-refractivity contribution >= 4 is 21.8 Å². The van der Waals surface area contributed by atoms with E-state index >= 15 is 0 Å². The van der Waals surface area contributed by atoms with Crippen LogP contribution in [-0.2, 0) is 6.54 Å². The van der Waals surface area contributed by atoms with E-state index in [9.17, 15) is 5.26 Å². The van der Waals surface area contributed by atoms with Crippen molar-refractivity contribution in [3.05, 3.63) is 58.4 Å². The van der Waals surface area contributed by atoms with Crippen LogP contribution < -0.4 is 10.2 Å². The van der Waals surface area contributed by atoms with Gasteiger partial charge >= 0.3 is 0 Å². The number of piperidine rings is 1. The van der Waals surface area contributed by atoms with Gasteiger partial charge in [-0.15, -0.1) is 0 Å². The molecule has 4 fully saturated rings. The minimum absolute atomic E-state index is 0.0146. The van der Waals surface area contributed by atoms with Crippen LogP contribution in [0.3, 0.4) is 0 Å². The zero-order valence-electron chi connectivity index (χ0n) is 19.8. The Kier molecular flexibility index (Phi) is 6.13. The normalized spacial score (nSPS) is 32.0. The Morgan fingerprint density at radius 2 is 2.14 bits per heavy atom. The number of nitrogens with zero attached hydrogens (tertiary/aromatic N) is 6. The molecule has 1 aromatic heterocycles. The van der Waals surface area contributed by atoms with Crippen molar-refractivity contribution in [3.63, 3.8) is 0 Å². The SMILES string of the molecule is COc1ccc(CN2C3CC2CN(C2=NCC(C4=CC(Br)=CN5NCCC(C#N)C45)C=C2)C3)cn1. The second-order valence-corrected chi connectivity index (χ2v) is 10.9. The first-order chi connectivity index (χ1) is 17.1. The highest BCUT2D eigenvalue weighted by atomic mass is 79.9. The van der Waals surface area contributed by atoms with E-state index in [2.05, 4.69) is 71.5 Å². The number of dihydropyridines is 1. The van der Waals surface area contributed by atoms with E-state index in [4.69, 9.17) is 9.73 Å². The second-order valence-electron chi connectivity index (χ2n) is 9.94. The lowest BCUT2D eigenvalue weighted by molar-refractivity contribution is -0.0538. The van der Waals surface area contributed by atoms with Crippen LogP contribution >= 0.6 is 15.9 Å². The number of rotatable bonds is 4. The molecular formula is C26H30BrN7O. The molecule has 0 saturated carbocycles. The number of halogens is 1. The van der Waals surface area contributed by atoms with Gasteiger partial charge in [0.15, 0.2) is 0 Å². The maximum Gasteiger partial charge on any atom is 0.212 e. The van der Waals surface area contributed by atoms with E-state index in [0.29, 0.717) is 18.0 Å². The highest BCUT2D eigenvalue weighted by molar-refractivity contribution is 9.11. The van der Waals surface area contributed by atoms with Crippen LogP contribution in [0.2, 0.25) is 0 Å². The van der Waals surface area contributed by atoms with Gasteiger partial charge in [-0.05, 0) is 52.1 Å². The number of piperazine rings is 1. The van der Waals surface area contributed by atoms with Crippen molar-refractivity contribution in [2.24, 2.45) is 16.8 Å². The van der Waals surface area contributed by atoms with Gasteiger partial charge in [0.05, 0.1) is 31.7 Å². The van der Waals surface area contributed by atoms with E-state index in [0.717, 1.165) is 49.5 Å². The number of methoxy groups -OCH3 is 1. The standard InChI is InChI=1S/C26H30BrN7O/c1-35-25-5-2-17(11-30-25)13-33-21-9-22(33)16-32(15-21)24-4-3-19(12-29-24)23-8-20(27)14-34-26(23)18(10-28)6-7-31-34/h2-5,8,11,14,18-19,21-22,26,31H,6-7,9,12-13,15-16H2,1H3. The summed E-state index contributed by atoms with van der Waals surface area (Å²) in [5.41, 5.74) is 5.93. The number of fused-ring (bicyclic) bond motifs is 3. The van der Waals surface area contributed by atoms with Gasteiger partial charge in [-0.1, -0.05) is 12.1 Å². The van der Waals surface area contributed by atoms with Crippen molar-refractivity contribution in [2.75, 3.05) is 33.3 Å². The number of hydrazine groups is 1. The summed E-state index contributed by atoms with van der Waals surface area (Å²) in [6.07, 6.45) is 12.8. The number of nitrogens with one attached hydrogen (secondary N) is 1. The summed E-state index contributed by atoms with van der Waals surface area (Å²) in [5.74, 6) is 1.95. The molecule has 7 rings (SSSR count). The first-order valence-electron chi connectivity index (χ1n) is 12.4. The predicted molar refractivity (Wildman–Crippen MR) is 137 cm³/mol. The van der Waals surface area contributed by atoms with Crippen molar-refractivity contribution in [3.8, 4) is 11.9 Å². The van der Waals surface area contributed by atoms with Crippen LogP contribution in [0.4, 0.5) is 0 Å². The number of allylic oxidation sites excluding steroid dienone is 2. The highest BCUT2D eigenvalue weighted by Gasteiger charge is 2.45. The summed E-state index contributed by atoms with van der Waals surface area (Å²) in [6, 6.07) is 7.76. The Morgan fingerprint density at radius 1 is 1.29 bits per heavy atom. The minimum Gasteiger partial charge on any atom is -0.481 e. The summed E-state index contributed by atoms with van der Waals surface area (Å²) in [6.45, 7) is 4.52. The molecular weight excluding hydrogens is 506 g/mol. The number of aromatic nitrogens is 1. The highest BCUT2D eigenvalue weighted by Crippen LogP contribution is 2.37. The Bertz CT molecular complexity index is 1130. The molecule has 0 aromatic carbocycles. The zero-order chi connectivity index (χ0) is 23.9. The molecule has 1 N–H and O–H groups in total. The minimum atomic E-state index is -0.0146. The van der Waals surface area contributed by atoms with E-state index in [1.807, 2.05) is 18.5 Å². The van der Waals surface area contributed by atoms with Gasteiger partial charge in [0, 0.05) is 67.1 Å². The van der Waals surface area contributed by atoms with Crippen molar-refractivity contribution in [1.82, 2.24) is 25.2 Å². The Labute approximate surface area is 214 Å². The van der Waals surface area contributed by atoms with Gasteiger partial charge in [0.1, 0.15) is 5.84 Å². The van der Waals surface area contributed by atoms with E-state index in [1.54, 1.807) is 7.11 Å². The Hall–Kier alpha value is -2.67. The average Bonchev–Trinajstić information content (AvgIpc) is 2.91. The first kappa shape index (κ1) is 22.8. The summed E-state index contributed by atoms with van der Waals surface area (Å²) < 4.78 is 6.21. The van der Waals surface area contributed by atoms with Crippen LogP contribution in [0, 0.1) is 23.2 Å². The van der Waals surface area contributed by atoms with Gasteiger partial charge in [-0.25, -0.2) is 10.4 Å². The monoisotopic (exact) mass is 535 g/mol. The molecule has 0 amide bonds. The van der Waals surface area contributed by atoms with Crippen molar-refractivity contribution in [2.45, 2.75) is 37.5 Å². The van der Waals surface area contributed by atoms with Crippen LogP contribution in [0.5, 0.6) is 5.88 Å². The van der Waals surface area contributed by atoms with E-state index in [1.165, 1.54) is 17.6 Å². The Morgan fingerprint density at radius 3 is 2.83 bits per heavy atom. The molecule has 5 atom stereocenters. The molecule has 6 aliphatic rings. The lowest BCUT2D eigenvalue weighted by Gasteiger charge is -2.57. The maximum absolute atomic E-state index is 9.76. The first-order valence-corrected chi connectivity index (χ1v) is 13.1. The number of nitriles is 1. The fourth-order valence-electron chi connectivity index (χ4n) is 6.09. The molecule has 5 unspecified atom stereocenters. The van der Waals surface area contributed by atoms with Crippen molar-refractivity contribution in [1.29, 1.82) is 5.26 Å². The molecule has 4 saturated heterocycles. The van der Waals surface area contributed by atoms with Crippen LogP contribution in [0.1, 0.15) is 18.4 Å². The summed E-state index contributed by atoms with van der Waals surface area (Å²) in [4.78, 5) is 14.4. The third-order valence-corrected chi connectivity index (χ3v) is 8.33. The van der Waals surface area contributed by atoms with Gasteiger partial charge in [0.25, 0.3) is 0 Å². The maximum atomic E-state index is 9.76. The number of hydrogen-bond donors (Lipinski definition) is 1. The molecule has 0 spiro atoms. The molecule has 6 aliphatic heterocycles. The smallest absolute Gasteiger partial charge is 0.212 e. The lowest BCUT2D eigenvalue weighted by Crippen LogP contribution is -2.68. The van der Waals surface area contributed by atoms with Gasteiger partial charge in [-0.3, -0.25) is 9.89 Å². The lowest BCUT2D eigenvalue weighted by atomic mass is 9.80. The topological polar surface area (TPSA) is 80.0 Å². The molecule has 182 valence electrons. The summed E-state index contributed by atoms with van der Waals surface area (Å²) in [5, 5.41) is 11.9. The van der Waals surface area contributed by atoms with Gasteiger partial charge in [0.2, 0.25) is 5.88 Å². The predicted octanol–water partition coefficient (Wildman–Crippen LogP) is 2.83. The van der Waals surface area contributed by atoms with Crippen LogP contribution in [0.25, 0.3) is 0 Å². The van der Waals surface area contributed by atoms with Gasteiger partial charge in [-0.2, -0.15) is 5.26 Å². The fraction of sp³-hybridized carbons (Fsp3) is 0.500. The summed E-state index contributed by atoms with van der Waals surface area (Å²) >= 11 is 3.66. The third-order valence-electron chi connectivity index (χ3n) is 7.90. The molecule has 0 radical (unpaired) electrons. The largest absolute Gasteiger partial charge is 0.481 e. The number of ether oxygens (including phenoxy) is 1. The molecule has 7 heterocycles. The van der Waals surface area contributed by atoms with Crippen LogP contribution in [-0.4, -0.2) is 77.0 Å². The van der Waals surface area contributed by atoms with Gasteiger partial charge < -0.3 is 14.6 Å². The molecule has 0 aliphatic carbocycles. The number of hydrogen-bond acceptors (Lipinski definition) is 8. The molecule has 9 heteroatoms. The van der Waals surface area contributed by atoms with Crippen molar-refractivity contribution < 1.29 is 4.74 Å². The quantitative estimate of drug-likeness (QED) is 0.634. The Balaban J connectivity index is 1.09.